The van der Waals surface area contributed by atoms with Crippen LogP contribution in [0.5, 0.6) is 0 Å². The summed E-state index contributed by atoms with van der Waals surface area (Å²) in [6.07, 6.45) is 5.20. The van der Waals surface area contributed by atoms with Crippen molar-refractivity contribution in [3.05, 3.63) is 34.8 Å². The van der Waals surface area contributed by atoms with E-state index in [1.54, 1.807) is 4.57 Å². The van der Waals surface area contributed by atoms with E-state index in [4.69, 9.17) is 4.42 Å². The van der Waals surface area contributed by atoms with Crippen molar-refractivity contribution in [2.75, 3.05) is 13.6 Å². The van der Waals surface area contributed by atoms with Crippen LogP contribution >= 0.6 is 0 Å². The Kier molecular flexibility index (Phi) is 4.15. The lowest BCUT2D eigenvalue weighted by atomic mass is 9.87. The van der Waals surface area contributed by atoms with Crippen LogP contribution in [-0.2, 0) is 6.54 Å². The van der Waals surface area contributed by atoms with Crippen molar-refractivity contribution in [1.29, 1.82) is 0 Å². The molecule has 4 heteroatoms. The molecule has 1 aliphatic carbocycles. The van der Waals surface area contributed by atoms with Crippen LogP contribution in [0.3, 0.4) is 0 Å². The fourth-order valence-electron chi connectivity index (χ4n) is 3.35. The summed E-state index contributed by atoms with van der Waals surface area (Å²) in [6, 6.07) is 8.29. The number of rotatable bonds is 4. The Morgan fingerprint density at radius 3 is 2.71 bits per heavy atom. The average Bonchev–Trinajstić information content (AvgIpc) is 2.81. The molecule has 0 amide bonds. The maximum absolute atomic E-state index is 11.9. The highest BCUT2D eigenvalue weighted by Gasteiger charge is 2.21. The minimum absolute atomic E-state index is 0.248. The SMILES string of the molecule is CC1CCC(N(C)CCn2c(=O)oc3ccccc32)CC1. The summed E-state index contributed by atoms with van der Waals surface area (Å²) < 4.78 is 7.03. The lowest BCUT2D eigenvalue weighted by molar-refractivity contribution is 0.165. The molecule has 1 saturated carbocycles. The van der Waals surface area contributed by atoms with E-state index in [1.165, 1.54) is 25.7 Å². The summed E-state index contributed by atoms with van der Waals surface area (Å²) in [5.74, 6) is 0.622. The van der Waals surface area contributed by atoms with Crippen LogP contribution < -0.4 is 5.76 Å². The number of fused-ring (bicyclic) bond motifs is 1. The standard InChI is InChI=1S/C17H24N2O2/c1-13-7-9-14(10-8-13)18(2)11-12-19-15-5-3-4-6-16(15)21-17(19)20/h3-6,13-14H,7-12H2,1-2H3. The van der Waals surface area contributed by atoms with E-state index in [1.807, 2.05) is 24.3 Å². The van der Waals surface area contributed by atoms with E-state index in [9.17, 15) is 4.79 Å². The number of hydrogen-bond donors (Lipinski definition) is 0. The van der Waals surface area contributed by atoms with Gasteiger partial charge in [0.25, 0.3) is 0 Å². The van der Waals surface area contributed by atoms with E-state index in [2.05, 4.69) is 18.9 Å². The molecule has 0 saturated heterocycles. The van der Waals surface area contributed by atoms with Crippen molar-refractivity contribution in [3.63, 3.8) is 0 Å². The molecule has 0 bridgehead atoms. The molecule has 1 aromatic heterocycles. The maximum Gasteiger partial charge on any atom is 0.419 e. The van der Waals surface area contributed by atoms with E-state index in [0.29, 0.717) is 18.2 Å². The summed E-state index contributed by atoms with van der Waals surface area (Å²) >= 11 is 0. The smallest absolute Gasteiger partial charge is 0.408 e. The summed E-state index contributed by atoms with van der Waals surface area (Å²) in [5, 5.41) is 0. The Bertz CT molecular complexity index is 650. The zero-order chi connectivity index (χ0) is 14.8. The molecule has 0 unspecified atom stereocenters. The number of likely N-dealkylation sites (N-methyl/N-ethyl adjacent to an activating group) is 1. The molecule has 0 radical (unpaired) electrons. The third kappa shape index (κ3) is 3.05. The zero-order valence-corrected chi connectivity index (χ0v) is 12.9. The third-order valence-electron chi connectivity index (χ3n) is 4.86. The number of hydrogen-bond acceptors (Lipinski definition) is 3. The van der Waals surface area contributed by atoms with Crippen molar-refractivity contribution >= 4 is 11.1 Å². The molecule has 0 aliphatic heterocycles. The van der Waals surface area contributed by atoms with Gasteiger partial charge in [0.1, 0.15) is 0 Å². The first-order valence-corrected chi connectivity index (χ1v) is 7.94. The van der Waals surface area contributed by atoms with Gasteiger partial charge in [0.05, 0.1) is 5.52 Å². The molecule has 21 heavy (non-hydrogen) atoms. The molecule has 4 nitrogen and oxygen atoms in total. The summed E-state index contributed by atoms with van der Waals surface area (Å²) in [4.78, 5) is 14.4. The molecule has 3 rings (SSSR count). The van der Waals surface area contributed by atoms with Crippen molar-refractivity contribution in [1.82, 2.24) is 9.47 Å². The van der Waals surface area contributed by atoms with Gasteiger partial charge in [0.2, 0.25) is 0 Å². The number of benzene rings is 1. The fraction of sp³-hybridized carbons (Fsp3) is 0.588. The lowest BCUT2D eigenvalue weighted by Crippen LogP contribution is -2.37. The Labute approximate surface area is 125 Å². The van der Waals surface area contributed by atoms with Gasteiger partial charge < -0.3 is 9.32 Å². The lowest BCUT2D eigenvalue weighted by Gasteiger charge is -2.33. The third-order valence-corrected chi connectivity index (χ3v) is 4.86. The van der Waals surface area contributed by atoms with Crippen molar-refractivity contribution < 1.29 is 4.42 Å². The van der Waals surface area contributed by atoms with Crippen LogP contribution in [0.25, 0.3) is 11.1 Å². The molecule has 1 aliphatic rings. The first-order valence-electron chi connectivity index (χ1n) is 7.94. The van der Waals surface area contributed by atoms with Crippen molar-refractivity contribution in [3.8, 4) is 0 Å². The molecule has 1 fully saturated rings. The highest BCUT2D eigenvalue weighted by molar-refractivity contribution is 5.72. The molecular formula is C17H24N2O2. The number of aromatic nitrogens is 1. The Morgan fingerprint density at radius 2 is 1.95 bits per heavy atom. The first-order chi connectivity index (χ1) is 10.1. The molecular weight excluding hydrogens is 264 g/mol. The van der Waals surface area contributed by atoms with E-state index in [0.717, 1.165) is 18.0 Å². The van der Waals surface area contributed by atoms with Gasteiger partial charge in [-0.2, -0.15) is 0 Å². The van der Waals surface area contributed by atoms with Gasteiger partial charge in [-0.15, -0.1) is 0 Å². The highest BCUT2D eigenvalue weighted by atomic mass is 16.4. The van der Waals surface area contributed by atoms with E-state index >= 15 is 0 Å². The molecule has 2 aromatic rings. The van der Waals surface area contributed by atoms with Crippen LogP contribution in [0.4, 0.5) is 0 Å². The number of oxazole rings is 1. The van der Waals surface area contributed by atoms with E-state index < -0.39 is 0 Å². The molecule has 1 aromatic carbocycles. The fourth-order valence-corrected chi connectivity index (χ4v) is 3.35. The molecule has 114 valence electrons. The van der Waals surface area contributed by atoms with Gasteiger partial charge in [-0.25, -0.2) is 4.79 Å². The van der Waals surface area contributed by atoms with Crippen LogP contribution in [0.15, 0.2) is 33.5 Å². The Balaban J connectivity index is 1.66. The maximum atomic E-state index is 11.9. The predicted octanol–water partition coefficient (Wildman–Crippen LogP) is 3.11. The minimum atomic E-state index is -0.248. The largest absolute Gasteiger partial charge is 0.419 e. The topological polar surface area (TPSA) is 38.4 Å². The van der Waals surface area contributed by atoms with Gasteiger partial charge in [-0.1, -0.05) is 19.1 Å². The molecule has 0 spiro atoms. The second-order valence-electron chi connectivity index (χ2n) is 6.38. The van der Waals surface area contributed by atoms with E-state index in [-0.39, 0.29) is 5.76 Å². The summed E-state index contributed by atoms with van der Waals surface area (Å²) in [5.41, 5.74) is 1.57. The van der Waals surface area contributed by atoms with Crippen molar-refractivity contribution in [2.45, 2.75) is 45.2 Å². The van der Waals surface area contributed by atoms with Gasteiger partial charge in [-0.3, -0.25) is 4.57 Å². The van der Waals surface area contributed by atoms with Gasteiger partial charge in [0.15, 0.2) is 5.58 Å². The summed E-state index contributed by atoms with van der Waals surface area (Å²) in [7, 11) is 2.17. The van der Waals surface area contributed by atoms with Gasteiger partial charge in [-0.05, 0) is 50.8 Å². The second-order valence-corrected chi connectivity index (χ2v) is 6.38. The molecule has 0 atom stereocenters. The predicted molar refractivity (Wildman–Crippen MR) is 84.5 cm³/mol. The zero-order valence-electron chi connectivity index (χ0n) is 12.9. The Hall–Kier alpha value is -1.55. The molecule has 1 heterocycles. The average molecular weight is 288 g/mol. The second kappa shape index (κ2) is 6.06. The minimum Gasteiger partial charge on any atom is -0.408 e. The Morgan fingerprint density at radius 1 is 1.24 bits per heavy atom. The number of para-hydroxylation sites is 2. The van der Waals surface area contributed by atoms with Crippen molar-refractivity contribution in [2.24, 2.45) is 5.92 Å². The molecule has 0 N–H and O–H groups in total. The van der Waals surface area contributed by atoms with Gasteiger partial charge >= 0.3 is 5.76 Å². The monoisotopic (exact) mass is 288 g/mol. The van der Waals surface area contributed by atoms with Gasteiger partial charge in [0, 0.05) is 19.1 Å². The van der Waals surface area contributed by atoms with Crippen LogP contribution in [0.1, 0.15) is 32.6 Å². The highest BCUT2D eigenvalue weighted by Crippen LogP contribution is 2.26. The normalized spacial score (nSPS) is 23.0. The number of nitrogens with zero attached hydrogens (tertiary/aromatic N) is 2. The van der Waals surface area contributed by atoms with Crippen LogP contribution in [0.2, 0.25) is 0 Å². The first kappa shape index (κ1) is 14.4. The summed E-state index contributed by atoms with van der Waals surface area (Å²) in [6.45, 7) is 3.92. The van der Waals surface area contributed by atoms with Crippen LogP contribution in [0, 0.1) is 5.92 Å². The van der Waals surface area contributed by atoms with Crippen LogP contribution in [-0.4, -0.2) is 29.1 Å². The quantitative estimate of drug-likeness (QED) is 0.867.